The minimum Gasteiger partial charge on any atom is -0.393 e. The molecule has 2 aliphatic rings. The molecular weight excluding hydrogens is 196 g/mol. The zero-order chi connectivity index (χ0) is 11.5. The van der Waals surface area contributed by atoms with Crippen molar-refractivity contribution >= 4 is 0 Å². The molecule has 2 rings (SSSR count). The van der Waals surface area contributed by atoms with Crippen LogP contribution in [0.15, 0.2) is 11.6 Å². The Labute approximate surface area is 99.9 Å². The first-order valence-corrected chi connectivity index (χ1v) is 7.00. The Balaban J connectivity index is 1.84. The summed E-state index contributed by atoms with van der Waals surface area (Å²) in [5.41, 5.74) is 1.48. The van der Waals surface area contributed by atoms with Crippen molar-refractivity contribution in [2.75, 3.05) is 0 Å². The Morgan fingerprint density at radius 3 is 2.69 bits per heavy atom. The van der Waals surface area contributed by atoms with Crippen LogP contribution in [0.2, 0.25) is 0 Å². The summed E-state index contributed by atoms with van der Waals surface area (Å²) in [4.78, 5) is 0. The van der Waals surface area contributed by atoms with Crippen LogP contribution in [0.25, 0.3) is 0 Å². The highest BCUT2D eigenvalue weighted by Crippen LogP contribution is 2.35. The smallest absolute Gasteiger partial charge is 0.0574 e. The van der Waals surface area contributed by atoms with Crippen LogP contribution < -0.4 is 0 Å². The summed E-state index contributed by atoms with van der Waals surface area (Å²) in [6.45, 7) is 4.49. The van der Waals surface area contributed by atoms with E-state index >= 15 is 0 Å². The van der Waals surface area contributed by atoms with Crippen molar-refractivity contribution in [3.63, 3.8) is 0 Å². The molecule has 92 valence electrons. The third-order valence-corrected chi connectivity index (χ3v) is 4.42. The molecule has 0 aromatic carbocycles. The van der Waals surface area contributed by atoms with Gasteiger partial charge in [0.15, 0.2) is 0 Å². The molecule has 16 heavy (non-hydrogen) atoms. The lowest BCUT2D eigenvalue weighted by molar-refractivity contribution is 0.0699. The molecule has 0 amide bonds. The molecular formula is C15H26O. The average Bonchev–Trinajstić information content (AvgIpc) is 2.68. The molecule has 3 unspecified atom stereocenters. The Bertz CT molecular complexity index is 250. The molecule has 0 bridgehead atoms. The van der Waals surface area contributed by atoms with Crippen molar-refractivity contribution < 1.29 is 5.11 Å². The largest absolute Gasteiger partial charge is 0.393 e. The van der Waals surface area contributed by atoms with Crippen molar-refractivity contribution in [1.82, 2.24) is 0 Å². The molecule has 0 heterocycles. The van der Waals surface area contributed by atoms with E-state index in [1.54, 1.807) is 0 Å². The predicted molar refractivity (Wildman–Crippen MR) is 68.2 cm³/mol. The van der Waals surface area contributed by atoms with Gasteiger partial charge in [-0.1, -0.05) is 44.3 Å². The Morgan fingerprint density at radius 2 is 2.06 bits per heavy atom. The molecule has 0 aromatic rings. The molecule has 1 nitrogen and oxygen atoms in total. The summed E-state index contributed by atoms with van der Waals surface area (Å²) >= 11 is 0. The van der Waals surface area contributed by atoms with Crippen molar-refractivity contribution in [1.29, 1.82) is 0 Å². The monoisotopic (exact) mass is 222 g/mol. The SMILES string of the molecule is CC1=CC(C)CC(C(O)CC2CCCC2)C1. The van der Waals surface area contributed by atoms with Crippen molar-refractivity contribution in [2.45, 2.75) is 64.9 Å². The van der Waals surface area contributed by atoms with E-state index in [2.05, 4.69) is 19.9 Å². The van der Waals surface area contributed by atoms with Gasteiger partial charge in [0.2, 0.25) is 0 Å². The van der Waals surface area contributed by atoms with Gasteiger partial charge in [-0.05, 0) is 43.9 Å². The van der Waals surface area contributed by atoms with Gasteiger partial charge in [-0.3, -0.25) is 0 Å². The van der Waals surface area contributed by atoms with E-state index in [-0.39, 0.29) is 6.10 Å². The minimum absolute atomic E-state index is 0.0470. The second kappa shape index (κ2) is 5.35. The molecule has 1 heteroatoms. The van der Waals surface area contributed by atoms with Crippen molar-refractivity contribution in [3.05, 3.63) is 11.6 Å². The first-order valence-electron chi connectivity index (χ1n) is 7.00. The molecule has 3 atom stereocenters. The number of rotatable bonds is 3. The number of aliphatic hydroxyl groups excluding tert-OH is 1. The van der Waals surface area contributed by atoms with E-state index in [4.69, 9.17) is 0 Å². The number of aliphatic hydroxyl groups is 1. The zero-order valence-electron chi connectivity index (χ0n) is 10.8. The lowest BCUT2D eigenvalue weighted by Crippen LogP contribution is -2.27. The maximum absolute atomic E-state index is 10.3. The normalized spacial score (nSPS) is 33.8. The lowest BCUT2D eigenvalue weighted by atomic mass is 9.78. The topological polar surface area (TPSA) is 20.2 Å². The van der Waals surface area contributed by atoms with E-state index in [9.17, 15) is 5.11 Å². The fourth-order valence-corrected chi connectivity index (χ4v) is 3.67. The summed E-state index contributed by atoms with van der Waals surface area (Å²) in [6.07, 6.45) is 11.2. The second-order valence-electron chi connectivity index (χ2n) is 6.14. The summed E-state index contributed by atoms with van der Waals surface area (Å²) in [5, 5.41) is 10.3. The van der Waals surface area contributed by atoms with E-state index < -0.39 is 0 Å². The van der Waals surface area contributed by atoms with Gasteiger partial charge >= 0.3 is 0 Å². The van der Waals surface area contributed by atoms with Gasteiger partial charge in [-0.2, -0.15) is 0 Å². The van der Waals surface area contributed by atoms with Crippen molar-refractivity contribution in [2.24, 2.45) is 17.8 Å². The van der Waals surface area contributed by atoms with Gasteiger partial charge in [0, 0.05) is 0 Å². The van der Waals surface area contributed by atoms with Crippen LogP contribution in [-0.4, -0.2) is 11.2 Å². The first-order chi connectivity index (χ1) is 7.65. The minimum atomic E-state index is -0.0470. The number of hydrogen-bond donors (Lipinski definition) is 1. The maximum Gasteiger partial charge on any atom is 0.0574 e. The maximum atomic E-state index is 10.3. The summed E-state index contributed by atoms with van der Waals surface area (Å²) in [5.74, 6) is 2.01. The third kappa shape index (κ3) is 3.10. The summed E-state index contributed by atoms with van der Waals surface area (Å²) in [6, 6.07) is 0. The standard InChI is InChI=1S/C15H26O/c1-11-7-12(2)9-14(8-11)15(16)10-13-5-3-4-6-13/h7,11,13-16H,3-6,8-10H2,1-2H3. The quantitative estimate of drug-likeness (QED) is 0.718. The van der Waals surface area contributed by atoms with Gasteiger partial charge < -0.3 is 5.11 Å². The summed E-state index contributed by atoms with van der Waals surface area (Å²) in [7, 11) is 0. The molecule has 0 aliphatic heterocycles. The predicted octanol–water partition coefficient (Wildman–Crippen LogP) is 3.92. The van der Waals surface area contributed by atoms with E-state index in [0.29, 0.717) is 11.8 Å². The highest BCUT2D eigenvalue weighted by molar-refractivity contribution is 5.07. The van der Waals surface area contributed by atoms with Gasteiger partial charge in [0.05, 0.1) is 6.10 Å². The molecule has 0 saturated heterocycles. The van der Waals surface area contributed by atoms with Crippen LogP contribution in [-0.2, 0) is 0 Å². The van der Waals surface area contributed by atoms with Gasteiger partial charge in [-0.15, -0.1) is 0 Å². The fraction of sp³-hybridized carbons (Fsp3) is 0.867. The molecule has 0 aromatic heterocycles. The van der Waals surface area contributed by atoms with E-state index in [1.165, 1.54) is 37.7 Å². The van der Waals surface area contributed by atoms with Crippen LogP contribution >= 0.6 is 0 Å². The molecule has 1 fully saturated rings. The van der Waals surface area contributed by atoms with Crippen LogP contribution in [0.1, 0.15) is 58.8 Å². The third-order valence-electron chi connectivity index (χ3n) is 4.42. The Hall–Kier alpha value is -0.300. The van der Waals surface area contributed by atoms with Crippen molar-refractivity contribution in [3.8, 4) is 0 Å². The van der Waals surface area contributed by atoms with Crippen LogP contribution in [0.5, 0.6) is 0 Å². The van der Waals surface area contributed by atoms with E-state index in [0.717, 1.165) is 18.8 Å². The number of hydrogen-bond acceptors (Lipinski definition) is 1. The van der Waals surface area contributed by atoms with Crippen LogP contribution in [0, 0.1) is 17.8 Å². The summed E-state index contributed by atoms with van der Waals surface area (Å²) < 4.78 is 0. The van der Waals surface area contributed by atoms with E-state index in [1.807, 2.05) is 0 Å². The highest BCUT2D eigenvalue weighted by atomic mass is 16.3. The van der Waals surface area contributed by atoms with Crippen LogP contribution in [0.4, 0.5) is 0 Å². The highest BCUT2D eigenvalue weighted by Gasteiger charge is 2.27. The molecule has 2 aliphatic carbocycles. The molecule has 1 saturated carbocycles. The zero-order valence-corrected chi connectivity index (χ0v) is 10.8. The second-order valence-corrected chi connectivity index (χ2v) is 6.14. The fourth-order valence-electron chi connectivity index (χ4n) is 3.67. The Morgan fingerprint density at radius 1 is 1.38 bits per heavy atom. The van der Waals surface area contributed by atoms with Gasteiger partial charge in [0.25, 0.3) is 0 Å². The average molecular weight is 222 g/mol. The van der Waals surface area contributed by atoms with Gasteiger partial charge in [-0.25, -0.2) is 0 Å². The Kier molecular flexibility index (Phi) is 4.07. The molecule has 1 N–H and O–H groups in total. The van der Waals surface area contributed by atoms with Gasteiger partial charge in [0.1, 0.15) is 0 Å². The molecule has 0 radical (unpaired) electrons. The molecule has 0 spiro atoms. The van der Waals surface area contributed by atoms with Crippen LogP contribution in [0.3, 0.4) is 0 Å². The number of allylic oxidation sites excluding steroid dienone is 2. The lowest BCUT2D eigenvalue weighted by Gasteiger charge is -2.30. The first kappa shape index (κ1) is 12.2.